The van der Waals surface area contributed by atoms with Crippen molar-refractivity contribution < 1.29 is 27.5 Å². The first-order valence-electron chi connectivity index (χ1n) is 13.2. The van der Waals surface area contributed by atoms with Crippen molar-refractivity contribution in [3.8, 4) is 5.75 Å². The molecule has 1 saturated heterocycles. The standard InChI is InChI=1S/C28H35F3N2O3S/c29-28(30,31)36-23-13-7-12-22(18-23)27-33(17-15-21-10-5-2-6-11-21)26(35)24(37-27)19-25(34)32-16-14-20-8-3-1-4-9-20/h7-8,10,12-13,18,24,27H,1-6,9,11,14-17,19H2,(H,32,34). The Bertz CT molecular complexity index is 1020. The number of rotatable bonds is 10. The van der Waals surface area contributed by atoms with Crippen LogP contribution in [0.5, 0.6) is 5.75 Å². The number of hydrogen-bond donors (Lipinski definition) is 1. The first-order valence-corrected chi connectivity index (χ1v) is 14.2. The zero-order valence-electron chi connectivity index (χ0n) is 21.0. The summed E-state index contributed by atoms with van der Waals surface area (Å²) in [6, 6.07) is 5.80. The van der Waals surface area contributed by atoms with Gasteiger partial charge in [-0.15, -0.1) is 24.9 Å². The number of alkyl halides is 3. The van der Waals surface area contributed by atoms with E-state index in [1.54, 1.807) is 11.0 Å². The van der Waals surface area contributed by atoms with E-state index in [0.717, 1.165) is 44.9 Å². The molecule has 1 aromatic carbocycles. The van der Waals surface area contributed by atoms with Gasteiger partial charge in [0.05, 0.1) is 5.25 Å². The third-order valence-corrected chi connectivity index (χ3v) is 8.58. The number of carbonyl (C=O) groups excluding carboxylic acids is 2. The van der Waals surface area contributed by atoms with Crippen molar-refractivity contribution in [3.05, 3.63) is 53.1 Å². The maximum Gasteiger partial charge on any atom is 0.573 e. The van der Waals surface area contributed by atoms with E-state index in [9.17, 15) is 22.8 Å². The highest BCUT2D eigenvalue weighted by molar-refractivity contribution is 8.01. The molecule has 37 heavy (non-hydrogen) atoms. The average Bonchev–Trinajstić information content (AvgIpc) is 3.18. The van der Waals surface area contributed by atoms with Crippen LogP contribution in [0.4, 0.5) is 13.2 Å². The molecular weight excluding hydrogens is 501 g/mol. The quantitative estimate of drug-likeness (QED) is 0.334. The van der Waals surface area contributed by atoms with Crippen molar-refractivity contribution in [1.82, 2.24) is 10.2 Å². The lowest BCUT2D eigenvalue weighted by Gasteiger charge is -2.25. The molecule has 2 unspecified atom stereocenters. The Kier molecular flexibility index (Phi) is 9.62. The highest BCUT2D eigenvalue weighted by atomic mass is 32.2. The van der Waals surface area contributed by atoms with Gasteiger partial charge < -0.3 is 15.0 Å². The fourth-order valence-electron chi connectivity index (χ4n) is 5.20. The minimum Gasteiger partial charge on any atom is -0.406 e. The second-order valence-electron chi connectivity index (χ2n) is 9.90. The number of hydrogen-bond acceptors (Lipinski definition) is 4. The molecular formula is C28H35F3N2O3S. The molecule has 2 atom stereocenters. The van der Waals surface area contributed by atoms with Crippen molar-refractivity contribution in [2.24, 2.45) is 0 Å². The number of allylic oxidation sites excluding steroid dienone is 2. The van der Waals surface area contributed by atoms with E-state index in [1.165, 1.54) is 60.4 Å². The molecule has 2 aliphatic carbocycles. The van der Waals surface area contributed by atoms with Crippen LogP contribution >= 0.6 is 11.8 Å². The molecule has 202 valence electrons. The van der Waals surface area contributed by atoms with Gasteiger partial charge in [0.1, 0.15) is 11.1 Å². The summed E-state index contributed by atoms with van der Waals surface area (Å²) in [4.78, 5) is 27.8. The largest absolute Gasteiger partial charge is 0.573 e. The molecule has 1 N–H and O–H groups in total. The first-order chi connectivity index (χ1) is 17.8. The molecule has 4 rings (SSSR count). The van der Waals surface area contributed by atoms with Gasteiger partial charge >= 0.3 is 6.36 Å². The van der Waals surface area contributed by atoms with Crippen LogP contribution in [0, 0.1) is 0 Å². The van der Waals surface area contributed by atoms with E-state index in [0.29, 0.717) is 18.7 Å². The Morgan fingerprint density at radius 1 is 1.05 bits per heavy atom. The number of carbonyl (C=O) groups is 2. The van der Waals surface area contributed by atoms with Crippen LogP contribution in [0.15, 0.2) is 47.6 Å². The van der Waals surface area contributed by atoms with Gasteiger partial charge in [-0.2, -0.15) is 0 Å². The van der Waals surface area contributed by atoms with Crippen LogP contribution in [0.1, 0.15) is 81.6 Å². The monoisotopic (exact) mass is 536 g/mol. The van der Waals surface area contributed by atoms with Crippen LogP contribution in [0.2, 0.25) is 0 Å². The molecule has 1 heterocycles. The summed E-state index contributed by atoms with van der Waals surface area (Å²) in [5.41, 5.74) is 3.25. The van der Waals surface area contributed by atoms with E-state index < -0.39 is 17.0 Å². The predicted octanol–water partition coefficient (Wildman–Crippen LogP) is 6.82. The zero-order chi connectivity index (χ0) is 26.3. The SMILES string of the molecule is O=C(CC1SC(c2cccc(OC(F)(F)F)c2)N(CCC2=CCCCC2)C1=O)NCCC1=CCCCC1. The molecule has 0 radical (unpaired) electrons. The third kappa shape index (κ3) is 8.28. The summed E-state index contributed by atoms with van der Waals surface area (Å²) < 4.78 is 42.5. The summed E-state index contributed by atoms with van der Waals surface area (Å²) in [5.74, 6) is -0.628. The van der Waals surface area contributed by atoms with E-state index in [1.807, 2.05) is 0 Å². The Balaban J connectivity index is 1.42. The summed E-state index contributed by atoms with van der Waals surface area (Å²) >= 11 is 1.33. The Morgan fingerprint density at radius 3 is 2.41 bits per heavy atom. The summed E-state index contributed by atoms with van der Waals surface area (Å²) in [5, 5.41) is 1.90. The number of halogens is 3. The smallest absolute Gasteiger partial charge is 0.406 e. The minimum absolute atomic E-state index is 0.0526. The van der Waals surface area contributed by atoms with Crippen molar-refractivity contribution in [2.75, 3.05) is 13.1 Å². The van der Waals surface area contributed by atoms with Crippen LogP contribution in [0.3, 0.4) is 0 Å². The minimum atomic E-state index is -4.79. The van der Waals surface area contributed by atoms with Gasteiger partial charge in [-0.1, -0.05) is 35.4 Å². The van der Waals surface area contributed by atoms with Crippen LogP contribution in [-0.2, 0) is 9.59 Å². The number of amides is 2. The maximum atomic E-state index is 13.4. The van der Waals surface area contributed by atoms with E-state index in [-0.39, 0.29) is 24.0 Å². The molecule has 9 heteroatoms. The topological polar surface area (TPSA) is 58.6 Å². The number of benzene rings is 1. The summed E-state index contributed by atoms with van der Waals surface area (Å²) in [6.07, 6.45) is 10.3. The average molecular weight is 537 g/mol. The number of nitrogens with one attached hydrogen (secondary N) is 1. The van der Waals surface area contributed by atoms with Crippen LogP contribution < -0.4 is 10.1 Å². The Labute approximate surface area is 220 Å². The van der Waals surface area contributed by atoms with Crippen LogP contribution in [0.25, 0.3) is 0 Å². The zero-order valence-corrected chi connectivity index (χ0v) is 21.8. The first kappa shape index (κ1) is 27.6. The van der Waals surface area contributed by atoms with Gasteiger partial charge in [0.25, 0.3) is 0 Å². The number of ether oxygens (including phenoxy) is 1. The maximum absolute atomic E-state index is 13.4. The van der Waals surface area contributed by atoms with E-state index in [4.69, 9.17) is 0 Å². The lowest BCUT2D eigenvalue weighted by molar-refractivity contribution is -0.274. The second-order valence-corrected chi connectivity index (χ2v) is 11.2. The highest BCUT2D eigenvalue weighted by Crippen LogP contribution is 2.45. The normalized spacial score (nSPS) is 22.5. The summed E-state index contributed by atoms with van der Waals surface area (Å²) in [7, 11) is 0. The molecule has 0 spiro atoms. The van der Waals surface area contributed by atoms with Gasteiger partial charge in [-0.3, -0.25) is 9.59 Å². The van der Waals surface area contributed by atoms with Gasteiger partial charge in [-0.05, 0) is 81.9 Å². The van der Waals surface area contributed by atoms with Crippen LogP contribution in [-0.4, -0.2) is 41.4 Å². The van der Waals surface area contributed by atoms with Crippen molar-refractivity contribution >= 4 is 23.6 Å². The predicted molar refractivity (Wildman–Crippen MR) is 139 cm³/mol. The molecule has 5 nitrogen and oxygen atoms in total. The molecule has 3 aliphatic rings. The molecule has 1 aromatic rings. The Morgan fingerprint density at radius 2 is 1.76 bits per heavy atom. The fraction of sp³-hybridized carbons (Fsp3) is 0.571. The van der Waals surface area contributed by atoms with Crippen molar-refractivity contribution in [3.63, 3.8) is 0 Å². The van der Waals surface area contributed by atoms with E-state index >= 15 is 0 Å². The lowest BCUT2D eigenvalue weighted by atomic mass is 9.97. The molecule has 2 amide bonds. The molecule has 0 saturated carbocycles. The van der Waals surface area contributed by atoms with Gasteiger partial charge in [0.15, 0.2) is 0 Å². The van der Waals surface area contributed by atoms with Crippen molar-refractivity contribution in [1.29, 1.82) is 0 Å². The van der Waals surface area contributed by atoms with Crippen molar-refractivity contribution in [2.45, 2.75) is 87.6 Å². The van der Waals surface area contributed by atoms with Gasteiger partial charge in [0.2, 0.25) is 11.8 Å². The molecule has 1 fully saturated rings. The fourth-order valence-corrected chi connectivity index (χ4v) is 6.68. The van der Waals surface area contributed by atoms with E-state index in [2.05, 4.69) is 22.2 Å². The van der Waals surface area contributed by atoms with Gasteiger partial charge in [0, 0.05) is 19.5 Å². The lowest BCUT2D eigenvalue weighted by Crippen LogP contribution is -2.35. The number of nitrogens with zero attached hydrogens (tertiary/aromatic N) is 1. The van der Waals surface area contributed by atoms with Gasteiger partial charge in [-0.25, -0.2) is 0 Å². The summed E-state index contributed by atoms with van der Waals surface area (Å²) in [6.45, 7) is 1.02. The molecule has 0 aromatic heterocycles. The Hall–Kier alpha value is -2.42. The highest BCUT2D eigenvalue weighted by Gasteiger charge is 2.42. The molecule has 0 bridgehead atoms. The third-order valence-electron chi connectivity index (χ3n) is 7.09. The molecule has 1 aliphatic heterocycles. The number of thioether (sulfide) groups is 1. The second kappa shape index (κ2) is 12.9.